The van der Waals surface area contributed by atoms with Crippen LogP contribution in [0.2, 0.25) is 0 Å². The van der Waals surface area contributed by atoms with Gasteiger partial charge in [0.15, 0.2) is 0 Å². The summed E-state index contributed by atoms with van der Waals surface area (Å²) in [5.41, 5.74) is 6.21. The number of amides is 2. The Morgan fingerprint density at radius 3 is 2.27 bits per heavy atom. The van der Waals surface area contributed by atoms with Crippen LogP contribution >= 0.6 is 0 Å². The lowest BCUT2D eigenvalue weighted by Crippen LogP contribution is -2.36. The summed E-state index contributed by atoms with van der Waals surface area (Å²) in [6.07, 6.45) is 0. The minimum Gasteiger partial charge on any atom is -0.358 e. The molecular formula is C23H27N5O2. The van der Waals surface area contributed by atoms with Crippen molar-refractivity contribution < 1.29 is 9.59 Å². The molecule has 3 aromatic rings. The fraction of sp³-hybridized carbons (Fsp3) is 0.261. The largest absolute Gasteiger partial charge is 0.358 e. The van der Waals surface area contributed by atoms with Gasteiger partial charge >= 0.3 is 0 Å². The Morgan fingerprint density at radius 1 is 0.900 bits per heavy atom. The second-order valence-electron chi connectivity index (χ2n) is 7.24. The highest BCUT2D eigenvalue weighted by atomic mass is 16.2. The van der Waals surface area contributed by atoms with E-state index in [4.69, 9.17) is 5.10 Å². The second-order valence-corrected chi connectivity index (χ2v) is 7.24. The van der Waals surface area contributed by atoms with Gasteiger partial charge in [-0.05, 0) is 55.7 Å². The number of para-hydroxylation sites is 1. The van der Waals surface area contributed by atoms with Crippen molar-refractivity contribution in [2.75, 3.05) is 25.5 Å². The van der Waals surface area contributed by atoms with Crippen molar-refractivity contribution in [3.8, 4) is 16.9 Å². The van der Waals surface area contributed by atoms with Crippen LogP contribution < -0.4 is 16.0 Å². The van der Waals surface area contributed by atoms with Crippen LogP contribution in [-0.4, -0.2) is 41.7 Å². The second kappa shape index (κ2) is 9.37. The summed E-state index contributed by atoms with van der Waals surface area (Å²) in [6, 6.07) is 15.8. The minimum atomic E-state index is -0.251. The number of likely N-dealkylation sites (N-methyl/N-ethyl adjacent to an activating group) is 1. The van der Waals surface area contributed by atoms with Crippen LogP contribution in [0, 0.1) is 20.8 Å². The van der Waals surface area contributed by atoms with E-state index in [2.05, 4.69) is 48.9 Å². The number of hydrogen-bond donors (Lipinski definition) is 3. The topological polar surface area (TPSA) is 88.1 Å². The zero-order chi connectivity index (χ0) is 21.7. The molecule has 0 spiro atoms. The van der Waals surface area contributed by atoms with Gasteiger partial charge in [-0.3, -0.25) is 14.9 Å². The molecule has 0 saturated heterocycles. The van der Waals surface area contributed by atoms with E-state index in [1.807, 2.05) is 36.4 Å². The number of carbonyl (C=O) groups is 2. The Kier molecular flexibility index (Phi) is 6.64. The summed E-state index contributed by atoms with van der Waals surface area (Å²) in [4.78, 5) is 23.7. The number of aromatic nitrogens is 2. The number of aryl methyl sites for hydroxylation is 3. The lowest BCUT2D eigenvalue weighted by molar-refractivity contribution is -0.120. The summed E-state index contributed by atoms with van der Waals surface area (Å²) in [6.45, 7) is 6.32. The van der Waals surface area contributed by atoms with E-state index in [-0.39, 0.29) is 24.9 Å². The maximum absolute atomic E-state index is 12.4. The molecule has 3 rings (SSSR count). The maximum Gasteiger partial charge on any atom is 0.239 e. The molecule has 0 aliphatic heterocycles. The van der Waals surface area contributed by atoms with E-state index in [1.165, 1.54) is 11.1 Å². The SMILES string of the molecule is CNC(=O)CNCC(=O)Nc1cc(-c2cc(C)c(C)cc2C)nn1-c1ccccc1. The first-order chi connectivity index (χ1) is 14.4. The Balaban J connectivity index is 1.91. The smallest absolute Gasteiger partial charge is 0.239 e. The average molecular weight is 406 g/mol. The summed E-state index contributed by atoms with van der Waals surface area (Å²) in [5.74, 6) is 0.143. The van der Waals surface area contributed by atoms with Gasteiger partial charge in [-0.1, -0.05) is 24.3 Å². The van der Waals surface area contributed by atoms with Gasteiger partial charge in [0.1, 0.15) is 5.82 Å². The molecule has 1 heterocycles. The standard InChI is InChI=1S/C23H27N5O2/c1-15-10-17(3)19(11-16(15)2)20-12-21(26-23(30)14-25-13-22(29)24-4)28(27-20)18-8-6-5-7-9-18/h5-12,25H,13-14H2,1-4H3,(H,24,29)(H,26,30). The Morgan fingerprint density at radius 2 is 1.57 bits per heavy atom. The lowest BCUT2D eigenvalue weighted by Gasteiger charge is -2.09. The highest BCUT2D eigenvalue weighted by Crippen LogP contribution is 2.29. The highest BCUT2D eigenvalue weighted by Gasteiger charge is 2.15. The van der Waals surface area contributed by atoms with Gasteiger partial charge in [-0.2, -0.15) is 5.10 Å². The van der Waals surface area contributed by atoms with Gasteiger partial charge in [-0.15, -0.1) is 0 Å². The van der Waals surface area contributed by atoms with Crippen molar-refractivity contribution in [2.45, 2.75) is 20.8 Å². The molecule has 156 valence electrons. The van der Waals surface area contributed by atoms with E-state index < -0.39 is 0 Å². The van der Waals surface area contributed by atoms with Gasteiger partial charge in [0.05, 0.1) is 24.5 Å². The van der Waals surface area contributed by atoms with Gasteiger partial charge in [0.2, 0.25) is 11.8 Å². The number of nitrogens with one attached hydrogen (secondary N) is 3. The molecule has 0 unspecified atom stereocenters. The molecule has 0 aliphatic rings. The molecule has 0 fully saturated rings. The van der Waals surface area contributed by atoms with Gasteiger partial charge < -0.3 is 10.6 Å². The van der Waals surface area contributed by atoms with Crippen molar-refractivity contribution in [2.24, 2.45) is 0 Å². The van der Waals surface area contributed by atoms with Crippen LogP contribution in [0.25, 0.3) is 16.9 Å². The van der Waals surface area contributed by atoms with Crippen molar-refractivity contribution in [1.29, 1.82) is 0 Å². The van der Waals surface area contributed by atoms with Crippen LogP contribution in [0.15, 0.2) is 48.5 Å². The molecule has 7 heteroatoms. The molecule has 3 N–H and O–H groups in total. The van der Waals surface area contributed by atoms with Gasteiger partial charge in [0.25, 0.3) is 0 Å². The molecule has 0 atom stereocenters. The van der Waals surface area contributed by atoms with Crippen molar-refractivity contribution >= 4 is 17.6 Å². The minimum absolute atomic E-state index is 0.0192. The first kappa shape index (κ1) is 21.3. The zero-order valence-electron chi connectivity index (χ0n) is 17.7. The van der Waals surface area contributed by atoms with Crippen molar-refractivity contribution in [3.63, 3.8) is 0 Å². The number of nitrogens with zero attached hydrogens (tertiary/aromatic N) is 2. The molecule has 1 aromatic heterocycles. The summed E-state index contributed by atoms with van der Waals surface area (Å²) < 4.78 is 1.72. The van der Waals surface area contributed by atoms with Gasteiger partial charge in [0, 0.05) is 18.7 Å². The zero-order valence-corrected chi connectivity index (χ0v) is 17.7. The van der Waals surface area contributed by atoms with Crippen LogP contribution in [-0.2, 0) is 9.59 Å². The number of rotatable bonds is 7. The summed E-state index contributed by atoms with van der Waals surface area (Å²) in [7, 11) is 1.55. The van der Waals surface area contributed by atoms with Gasteiger partial charge in [-0.25, -0.2) is 4.68 Å². The molecule has 7 nitrogen and oxygen atoms in total. The number of benzene rings is 2. The Labute approximate surface area is 176 Å². The fourth-order valence-corrected chi connectivity index (χ4v) is 3.17. The summed E-state index contributed by atoms with van der Waals surface area (Å²) >= 11 is 0. The van der Waals surface area contributed by atoms with E-state index in [9.17, 15) is 9.59 Å². The van der Waals surface area contributed by atoms with Crippen LogP contribution in [0.3, 0.4) is 0 Å². The van der Waals surface area contributed by atoms with Crippen LogP contribution in [0.1, 0.15) is 16.7 Å². The third-order valence-electron chi connectivity index (χ3n) is 4.94. The van der Waals surface area contributed by atoms with Crippen molar-refractivity contribution in [1.82, 2.24) is 20.4 Å². The van der Waals surface area contributed by atoms with E-state index in [0.717, 1.165) is 22.5 Å². The number of anilines is 1. The normalized spacial score (nSPS) is 10.7. The number of hydrogen-bond acceptors (Lipinski definition) is 4. The number of carbonyl (C=O) groups excluding carboxylic acids is 2. The van der Waals surface area contributed by atoms with Crippen LogP contribution in [0.4, 0.5) is 5.82 Å². The predicted molar refractivity (Wildman–Crippen MR) is 119 cm³/mol. The van der Waals surface area contributed by atoms with E-state index in [0.29, 0.717) is 5.82 Å². The van der Waals surface area contributed by atoms with E-state index in [1.54, 1.807) is 11.7 Å². The molecule has 0 bridgehead atoms. The molecule has 2 amide bonds. The lowest BCUT2D eigenvalue weighted by atomic mass is 9.99. The first-order valence-corrected chi connectivity index (χ1v) is 9.84. The molecule has 0 aliphatic carbocycles. The highest BCUT2D eigenvalue weighted by molar-refractivity contribution is 5.92. The predicted octanol–water partition coefficient (Wildman–Crippen LogP) is 2.74. The maximum atomic E-state index is 12.4. The third kappa shape index (κ3) is 4.93. The van der Waals surface area contributed by atoms with E-state index >= 15 is 0 Å². The molecule has 0 radical (unpaired) electrons. The average Bonchev–Trinajstić information content (AvgIpc) is 3.14. The molecule has 0 saturated carbocycles. The monoisotopic (exact) mass is 405 g/mol. The first-order valence-electron chi connectivity index (χ1n) is 9.84. The third-order valence-corrected chi connectivity index (χ3v) is 4.94. The Hall–Kier alpha value is -3.45. The summed E-state index contributed by atoms with van der Waals surface area (Å²) in [5, 5.41) is 13.0. The Bertz CT molecular complexity index is 1060. The molecule has 2 aromatic carbocycles. The quantitative estimate of drug-likeness (QED) is 0.564. The fourth-order valence-electron chi connectivity index (χ4n) is 3.17. The molecule has 30 heavy (non-hydrogen) atoms. The molecular weight excluding hydrogens is 378 g/mol. The van der Waals surface area contributed by atoms with Crippen molar-refractivity contribution in [3.05, 3.63) is 65.2 Å². The van der Waals surface area contributed by atoms with Crippen LogP contribution in [0.5, 0.6) is 0 Å².